The van der Waals surface area contributed by atoms with Gasteiger partial charge in [0.15, 0.2) is 0 Å². The maximum absolute atomic E-state index is 5.70. The lowest BCUT2D eigenvalue weighted by atomic mass is 10.4. The van der Waals surface area contributed by atoms with E-state index in [4.69, 9.17) is 11.6 Å². The molecule has 0 aliphatic heterocycles. The number of halogens is 2. The summed E-state index contributed by atoms with van der Waals surface area (Å²) in [7, 11) is 0. The van der Waals surface area contributed by atoms with Crippen molar-refractivity contribution >= 4 is 38.9 Å². The van der Waals surface area contributed by atoms with Crippen LogP contribution in [0.4, 0.5) is 0 Å². The summed E-state index contributed by atoms with van der Waals surface area (Å²) >= 11 is 10.7. The first-order chi connectivity index (χ1) is 4.33. The Labute approximate surface area is 72.0 Å². The van der Waals surface area contributed by atoms with Gasteiger partial charge < -0.3 is 0 Å². The number of alkyl halides is 1. The summed E-state index contributed by atoms with van der Waals surface area (Å²) in [5.74, 6) is 0. The molecule has 0 N–H and O–H groups in total. The van der Waals surface area contributed by atoms with E-state index >= 15 is 0 Å². The van der Waals surface area contributed by atoms with Crippen LogP contribution in [0.15, 0.2) is 12.1 Å². The van der Waals surface area contributed by atoms with Crippen LogP contribution in [0.1, 0.15) is 4.88 Å². The van der Waals surface area contributed by atoms with E-state index in [-0.39, 0.29) is 0 Å². The largest absolute Gasteiger partial charge is 0.128 e. The first kappa shape index (κ1) is 7.58. The highest BCUT2D eigenvalue weighted by Gasteiger charge is 1.94. The molecule has 0 aromatic carbocycles. The molecule has 0 saturated carbocycles. The normalized spacial score (nSPS) is 10.0. The zero-order valence-electron chi connectivity index (χ0n) is 4.73. The number of thiophene rings is 1. The quantitative estimate of drug-likeness (QED) is 0.677. The fourth-order valence-corrected chi connectivity index (χ4v) is 2.36. The highest BCUT2D eigenvalue weighted by atomic mass is 79.9. The van der Waals surface area contributed by atoms with Crippen LogP contribution in [-0.2, 0) is 6.42 Å². The lowest BCUT2D eigenvalue weighted by Crippen LogP contribution is -1.76. The minimum atomic E-state index is 0.881. The van der Waals surface area contributed by atoms with E-state index in [1.165, 1.54) is 4.88 Å². The molecule has 0 aliphatic carbocycles. The van der Waals surface area contributed by atoms with Crippen molar-refractivity contribution in [2.24, 2.45) is 0 Å². The molecule has 0 fully saturated rings. The number of hydrogen-bond acceptors (Lipinski definition) is 1. The third-order valence-corrected chi connectivity index (χ3v) is 2.66. The van der Waals surface area contributed by atoms with Gasteiger partial charge >= 0.3 is 0 Å². The maximum atomic E-state index is 5.70. The molecule has 1 heterocycles. The zero-order chi connectivity index (χ0) is 6.69. The van der Waals surface area contributed by atoms with E-state index in [0.717, 1.165) is 16.1 Å². The smallest absolute Gasteiger partial charge is 0.0931 e. The van der Waals surface area contributed by atoms with Crippen LogP contribution in [0.5, 0.6) is 0 Å². The van der Waals surface area contributed by atoms with Crippen LogP contribution in [0.3, 0.4) is 0 Å². The predicted octanol–water partition coefficient (Wildman–Crippen LogP) is 3.34. The van der Waals surface area contributed by atoms with E-state index in [1.54, 1.807) is 11.3 Å². The number of hydrogen-bond donors (Lipinski definition) is 0. The molecule has 50 valence electrons. The Balaban J connectivity index is 2.61. The van der Waals surface area contributed by atoms with E-state index in [2.05, 4.69) is 22.0 Å². The van der Waals surface area contributed by atoms with Crippen LogP contribution in [0.25, 0.3) is 0 Å². The van der Waals surface area contributed by atoms with E-state index < -0.39 is 0 Å². The van der Waals surface area contributed by atoms with Crippen LogP contribution in [-0.4, -0.2) is 5.33 Å². The van der Waals surface area contributed by atoms with Crippen molar-refractivity contribution in [2.45, 2.75) is 6.42 Å². The van der Waals surface area contributed by atoms with E-state index in [0.29, 0.717) is 0 Å². The third-order valence-electron chi connectivity index (χ3n) is 0.970. The van der Waals surface area contributed by atoms with Gasteiger partial charge in [0.25, 0.3) is 0 Å². The van der Waals surface area contributed by atoms with Crippen LogP contribution in [0.2, 0.25) is 4.34 Å². The third kappa shape index (κ3) is 2.28. The molecule has 9 heavy (non-hydrogen) atoms. The van der Waals surface area contributed by atoms with Crippen molar-refractivity contribution in [1.82, 2.24) is 0 Å². The van der Waals surface area contributed by atoms with Crippen molar-refractivity contribution in [1.29, 1.82) is 0 Å². The summed E-state index contributed by atoms with van der Waals surface area (Å²) in [6, 6.07) is 4.00. The van der Waals surface area contributed by atoms with Crippen LogP contribution in [0, 0.1) is 0 Å². The molecule has 0 unspecified atom stereocenters. The van der Waals surface area contributed by atoms with Gasteiger partial charge in [-0.3, -0.25) is 0 Å². The van der Waals surface area contributed by atoms with Crippen molar-refractivity contribution < 1.29 is 0 Å². The van der Waals surface area contributed by atoms with Crippen LogP contribution >= 0.6 is 38.9 Å². The molecule has 0 nitrogen and oxygen atoms in total. The molecule has 0 radical (unpaired) electrons. The van der Waals surface area contributed by atoms with Gasteiger partial charge in [-0.1, -0.05) is 27.5 Å². The Morgan fingerprint density at radius 2 is 2.33 bits per heavy atom. The molecule has 0 atom stereocenters. The summed E-state index contributed by atoms with van der Waals surface area (Å²) in [5.41, 5.74) is 0. The molecular weight excluding hydrogens is 219 g/mol. The molecular formula is C6H6BrClS. The Kier molecular flexibility index (Phi) is 3.02. The van der Waals surface area contributed by atoms with Crippen molar-refractivity contribution in [3.63, 3.8) is 0 Å². The highest BCUT2D eigenvalue weighted by molar-refractivity contribution is 9.09. The Morgan fingerprint density at radius 1 is 1.56 bits per heavy atom. The highest BCUT2D eigenvalue weighted by Crippen LogP contribution is 2.21. The average Bonchev–Trinajstić information content (AvgIpc) is 2.17. The molecule has 0 aliphatic rings. The second-order valence-electron chi connectivity index (χ2n) is 1.64. The average molecular weight is 226 g/mol. The summed E-state index contributed by atoms with van der Waals surface area (Å²) < 4.78 is 0.881. The zero-order valence-corrected chi connectivity index (χ0v) is 7.89. The molecule has 0 bridgehead atoms. The summed E-state index contributed by atoms with van der Waals surface area (Å²) in [6.45, 7) is 0. The van der Waals surface area contributed by atoms with Gasteiger partial charge in [-0.05, 0) is 18.6 Å². The topological polar surface area (TPSA) is 0 Å². The summed E-state index contributed by atoms with van der Waals surface area (Å²) in [4.78, 5) is 1.34. The second-order valence-corrected chi connectivity index (χ2v) is 4.24. The van der Waals surface area contributed by atoms with Gasteiger partial charge in [0, 0.05) is 10.2 Å². The Hall–Kier alpha value is 0.470. The molecule has 1 aromatic rings. The first-order valence-electron chi connectivity index (χ1n) is 2.63. The van der Waals surface area contributed by atoms with Crippen LogP contribution < -0.4 is 0 Å². The molecule has 1 rings (SSSR count). The Morgan fingerprint density at radius 3 is 2.78 bits per heavy atom. The molecule has 1 aromatic heterocycles. The fraction of sp³-hybridized carbons (Fsp3) is 0.333. The van der Waals surface area contributed by atoms with Gasteiger partial charge in [0.2, 0.25) is 0 Å². The summed E-state index contributed by atoms with van der Waals surface area (Å²) in [6.07, 6.45) is 1.08. The van der Waals surface area contributed by atoms with Gasteiger partial charge in [-0.2, -0.15) is 0 Å². The fourth-order valence-electron chi connectivity index (χ4n) is 0.579. The molecule has 0 spiro atoms. The number of aryl methyl sites for hydroxylation is 1. The SMILES string of the molecule is Clc1ccc(CCBr)s1. The first-order valence-corrected chi connectivity index (χ1v) is 4.94. The number of rotatable bonds is 2. The summed E-state index contributed by atoms with van der Waals surface area (Å²) in [5, 5.41) is 1.02. The minimum absolute atomic E-state index is 0.881. The van der Waals surface area contributed by atoms with Gasteiger partial charge in [-0.25, -0.2) is 0 Å². The maximum Gasteiger partial charge on any atom is 0.0931 e. The van der Waals surface area contributed by atoms with E-state index in [1.807, 2.05) is 6.07 Å². The van der Waals surface area contributed by atoms with Crippen molar-refractivity contribution in [2.75, 3.05) is 5.33 Å². The minimum Gasteiger partial charge on any atom is -0.128 e. The van der Waals surface area contributed by atoms with Crippen molar-refractivity contribution in [3.8, 4) is 0 Å². The van der Waals surface area contributed by atoms with Gasteiger partial charge in [-0.15, -0.1) is 11.3 Å². The second kappa shape index (κ2) is 3.59. The Bertz CT molecular complexity index is 185. The van der Waals surface area contributed by atoms with Gasteiger partial charge in [0.05, 0.1) is 4.34 Å². The monoisotopic (exact) mass is 224 g/mol. The van der Waals surface area contributed by atoms with Crippen molar-refractivity contribution in [3.05, 3.63) is 21.3 Å². The molecule has 0 saturated heterocycles. The molecule has 3 heteroatoms. The predicted molar refractivity (Wildman–Crippen MR) is 46.8 cm³/mol. The van der Waals surface area contributed by atoms with Gasteiger partial charge in [0.1, 0.15) is 0 Å². The standard InChI is InChI=1S/C6H6BrClS/c7-4-3-5-1-2-6(8)9-5/h1-2H,3-4H2. The molecule has 0 amide bonds. The lowest BCUT2D eigenvalue weighted by molar-refractivity contribution is 1.22. The van der Waals surface area contributed by atoms with E-state index in [9.17, 15) is 0 Å². The lowest BCUT2D eigenvalue weighted by Gasteiger charge is -1.85.